The largest absolute Gasteiger partial charge is 0.351 e. The fourth-order valence-electron chi connectivity index (χ4n) is 3.86. The Morgan fingerprint density at radius 3 is 2.46 bits per heavy atom. The van der Waals surface area contributed by atoms with E-state index in [9.17, 15) is 10.1 Å². The van der Waals surface area contributed by atoms with Crippen molar-refractivity contribution < 1.29 is 4.92 Å². The van der Waals surface area contributed by atoms with Gasteiger partial charge in [-0.05, 0) is 38.5 Å². The summed E-state index contributed by atoms with van der Waals surface area (Å²) in [5.74, 6) is 2.38. The molecule has 1 saturated carbocycles. The smallest absolute Gasteiger partial charge is 0.333 e. The number of fused-ring (bicyclic) bond motifs is 1. The molecule has 0 radical (unpaired) electrons. The third-order valence-corrected chi connectivity index (χ3v) is 5.10. The number of nitrogens with zero attached hydrogens (tertiary/aromatic N) is 5. The summed E-state index contributed by atoms with van der Waals surface area (Å²) in [7, 11) is 0. The van der Waals surface area contributed by atoms with E-state index in [4.69, 9.17) is 0 Å². The minimum absolute atomic E-state index is 0.0948. The quantitative estimate of drug-likeness (QED) is 0.670. The molecule has 4 rings (SSSR count). The Morgan fingerprint density at radius 2 is 1.88 bits per heavy atom. The predicted octanol–water partition coefficient (Wildman–Crippen LogP) is 3.12. The van der Waals surface area contributed by atoms with E-state index in [1.807, 2.05) is 0 Å². The molecule has 2 atom stereocenters. The number of hydrogen-bond donors (Lipinski definition) is 1. The molecule has 2 unspecified atom stereocenters. The van der Waals surface area contributed by atoms with E-state index in [1.165, 1.54) is 0 Å². The zero-order valence-corrected chi connectivity index (χ0v) is 14.7. The number of anilines is 1. The minimum atomic E-state index is -0.437. The van der Waals surface area contributed by atoms with E-state index in [1.54, 1.807) is 30.8 Å². The Balaban J connectivity index is 1.66. The van der Waals surface area contributed by atoms with E-state index in [-0.39, 0.29) is 17.5 Å². The van der Waals surface area contributed by atoms with Gasteiger partial charge in [-0.2, -0.15) is 4.98 Å². The van der Waals surface area contributed by atoms with Crippen molar-refractivity contribution in [1.29, 1.82) is 0 Å². The topological polar surface area (TPSA) is 98.8 Å². The number of nitrogens with one attached hydrogen (secondary N) is 1. The Hall–Kier alpha value is -3.03. The van der Waals surface area contributed by atoms with Crippen molar-refractivity contribution in [2.45, 2.75) is 32.7 Å². The zero-order valence-electron chi connectivity index (χ0n) is 14.7. The molecular weight excluding hydrogens is 332 g/mol. The molecule has 2 aromatic heterocycles. The average molecular weight is 352 g/mol. The summed E-state index contributed by atoms with van der Waals surface area (Å²) in [5.41, 5.74) is 0.244. The van der Waals surface area contributed by atoms with Crippen LogP contribution in [0.25, 0.3) is 5.82 Å². The lowest BCUT2D eigenvalue weighted by Crippen LogP contribution is -2.19. The Bertz CT molecular complexity index is 896. The van der Waals surface area contributed by atoms with Gasteiger partial charge in [-0.25, -0.2) is 9.97 Å². The molecule has 0 aliphatic heterocycles. The van der Waals surface area contributed by atoms with Crippen LogP contribution in [-0.2, 0) is 0 Å². The molecule has 134 valence electrons. The maximum Gasteiger partial charge on any atom is 0.333 e. The van der Waals surface area contributed by atoms with Crippen LogP contribution in [0.1, 0.15) is 24.4 Å². The standard InChI is InChI=1S/C18H20N6O2/c1-11-16(24(25)26)17(23-8-7-19-12(23)2)22-18(20-11)21-15-9-13-5-3-4-6-14(13)10-15/h3-8,13-15H,9-10H2,1-2H3,(H,20,21,22). The van der Waals surface area contributed by atoms with Gasteiger partial charge in [0.15, 0.2) is 0 Å². The summed E-state index contributed by atoms with van der Waals surface area (Å²) >= 11 is 0. The molecular formula is C18H20N6O2. The normalized spacial score (nSPS) is 23.8. The van der Waals surface area contributed by atoms with Gasteiger partial charge in [-0.1, -0.05) is 24.3 Å². The lowest BCUT2D eigenvalue weighted by atomic mass is 9.92. The first-order valence-corrected chi connectivity index (χ1v) is 8.68. The van der Waals surface area contributed by atoms with Crippen molar-refractivity contribution in [2.75, 3.05) is 5.32 Å². The highest BCUT2D eigenvalue weighted by Gasteiger charge is 2.33. The number of hydrogen-bond acceptors (Lipinski definition) is 6. The summed E-state index contributed by atoms with van der Waals surface area (Å²) in [6, 6.07) is 0.245. The molecule has 1 N–H and O–H groups in total. The second-order valence-electron chi connectivity index (χ2n) is 6.82. The molecule has 0 spiro atoms. The van der Waals surface area contributed by atoms with Gasteiger partial charge in [0, 0.05) is 18.4 Å². The van der Waals surface area contributed by atoms with Gasteiger partial charge in [0.05, 0.1) is 4.92 Å². The van der Waals surface area contributed by atoms with Gasteiger partial charge in [0.25, 0.3) is 0 Å². The van der Waals surface area contributed by atoms with Crippen LogP contribution in [0.2, 0.25) is 0 Å². The SMILES string of the molecule is Cc1nc(NC2CC3C=CC=CC3C2)nc(-n2ccnc2C)c1[N+](=O)[O-]. The van der Waals surface area contributed by atoms with Gasteiger partial charge in [0.2, 0.25) is 11.8 Å². The second-order valence-corrected chi connectivity index (χ2v) is 6.82. The highest BCUT2D eigenvalue weighted by molar-refractivity contribution is 5.54. The highest BCUT2D eigenvalue weighted by Crippen LogP contribution is 2.37. The number of imidazole rings is 1. The molecule has 0 aromatic carbocycles. The van der Waals surface area contributed by atoms with Crippen LogP contribution in [0, 0.1) is 35.8 Å². The first kappa shape index (κ1) is 16.4. The second kappa shape index (κ2) is 6.36. The summed E-state index contributed by atoms with van der Waals surface area (Å²) in [6.45, 7) is 3.43. The van der Waals surface area contributed by atoms with Gasteiger partial charge >= 0.3 is 5.69 Å². The van der Waals surface area contributed by atoms with Crippen molar-refractivity contribution in [3.63, 3.8) is 0 Å². The first-order chi connectivity index (χ1) is 12.5. The van der Waals surface area contributed by atoms with E-state index >= 15 is 0 Å². The molecule has 8 nitrogen and oxygen atoms in total. The zero-order chi connectivity index (χ0) is 18.3. The molecule has 2 aliphatic carbocycles. The Labute approximate surface area is 150 Å². The van der Waals surface area contributed by atoms with Crippen LogP contribution in [-0.4, -0.2) is 30.5 Å². The Morgan fingerprint density at radius 1 is 1.19 bits per heavy atom. The van der Waals surface area contributed by atoms with Crippen molar-refractivity contribution in [3.05, 3.63) is 58.3 Å². The third-order valence-electron chi connectivity index (χ3n) is 5.10. The fraction of sp³-hybridized carbons (Fsp3) is 0.389. The third kappa shape index (κ3) is 2.87. The van der Waals surface area contributed by atoms with Gasteiger partial charge < -0.3 is 5.32 Å². The van der Waals surface area contributed by atoms with Crippen LogP contribution < -0.4 is 5.32 Å². The number of nitro groups is 1. The summed E-state index contributed by atoms with van der Waals surface area (Å²) in [4.78, 5) is 24.0. The molecule has 2 aromatic rings. The average Bonchev–Trinajstić information content (AvgIpc) is 3.19. The van der Waals surface area contributed by atoms with Crippen molar-refractivity contribution >= 4 is 11.6 Å². The molecule has 0 saturated heterocycles. The molecule has 1 fully saturated rings. The van der Waals surface area contributed by atoms with Gasteiger partial charge in [-0.15, -0.1) is 0 Å². The van der Waals surface area contributed by atoms with E-state index in [2.05, 4.69) is 44.6 Å². The minimum Gasteiger partial charge on any atom is -0.351 e. The molecule has 0 bridgehead atoms. The maximum absolute atomic E-state index is 11.5. The van der Waals surface area contributed by atoms with Crippen LogP contribution >= 0.6 is 0 Å². The van der Waals surface area contributed by atoms with Crippen molar-refractivity contribution in [2.24, 2.45) is 11.8 Å². The molecule has 26 heavy (non-hydrogen) atoms. The lowest BCUT2D eigenvalue weighted by Gasteiger charge is -2.14. The lowest BCUT2D eigenvalue weighted by molar-refractivity contribution is -0.385. The van der Waals surface area contributed by atoms with Crippen LogP contribution in [0.3, 0.4) is 0 Å². The first-order valence-electron chi connectivity index (χ1n) is 8.68. The van der Waals surface area contributed by atoms with Crippen molar-refractivity contribution in [3.8, 4) is 5.82 Å². The molecule has 8 heteroatoms. The van der Waals surface area contributed by atoms with Gasteiger partial charge in [0.1, 0.15) is 11.5 Å². The highest BCUT2D eigenvalue weighted by atomic mass is 16.6. The monoisotopic (exact) mass is 352 g/mol. The van der Waals surface area contributed by atoms with Gasteiger partial charge in [-0.3, -0.25) is 14.7 Å². The van der Waals surface area contributed by atoms with Crippen LogP contribution in [0.4, 0.5) is 11.6 Å². The number of rotatable bonds is 4. The van der Waals surface area contributed by atoms with E-state index in [0.29, 0.717) is 29.3 Å². The molecule has 2 aliphatic rings. The summed E-state index contributed by atoms with van der Waals surface area (Å²) < 4.78 is 1.62. The van der Waals surface area contributed by atoms with Crippen molar-refractivity contribution in [1.82, 2.24) is 19.5 Å². The maximum atomic E-state index is 11.5. The Kier molecular flexibility index (Phi) is 4.02. The number of aromatic nitrogens is 4. The number of allylic oxidation sites excluding steroid dienone is 4. The van der Waals surface area contributed by atoms with E-state index < -0.39 is 4.92 Å². The molecule has 0 amide bonds. The number of aryl methyl sites for hydroxylation is 2. The predicted molar refractivity (Wildman–Crippen MR) is 97.2 cm³/mol. The van der Waals surface area contributed by atoms with Crippen LogP contribution in [0.5, 0.6) is 0 Å². The summed E-state index contributed by atoms with van der Waals surface area (Å²) in [5, 5.41) is 14.9. The summed E-state index contributed by atoms with van der Waals surface area (Å²) in [6.07, 6.45) is 14.0. The van der Waals surface area contributed by atoms with Crippen LogP contribution in [0.15, 0.2) is 36.7 Å². The van der Waals surface area contributed by atoms with E-state index in [0.717, 1.165) is 12.8 Å². The fourth-order valence-corrected chi connectivity index (χ4v) is 3.86. The molecule has 2 heterocycles.